The van der Waals surface area contributed by atoms with Gasteiger partial charge in [0.15, 0.2) is 10.6 Å². The molecule has 0 fully saturated rings. The Labute approximate surface area is 109 Å². The van der Waals surface area contributed by atoms with Crippen molar-refractivity contribution in [2.24, 2.45) is 7.05 Å². The van der Waals surface area contributed by atoms with E-state index in [9.17, 15) is 0 Å². The molecule has 0 atom stereocenters. The fraction of sp³-hybridized carbons (Fsp3) is 0.500. The summed E-state index contributed by atoms with van der Waals surface area (Å²) in [5.41, 5.74) is 0.664. The van der Waals surface area contributed by atoms with Crippen LogP contribution in [0.3, 0.4) is 0 Å². The lowest BCUT2D eigenvalue weighted by molar-refractivity contribution is 0.627. The second-order valence-corrected chi connectivity index (χ2v) is 4.65. The maximum absolute atomic E-state index is 6.11. The first-order valence-electron chi connectivity index (χ1n) is 5.48. The highest BCUT2D eigenvalue weighted by Crippen LogP contribution is 2.24. The van der Waals surface area contributed by atoms with Crippen LogP contribution >= 0.6 is 23.8 Å². The maximum Gasteiger partial charge on any atom is 0.195 e. The van der Waals surface area contributed by atoms with Gasteiger partial charge in [0, 0.05) is 19.8 Å². The lowest BCUT2D eigenvalue weighted by Gasteiger charge is -2.03. The van der Waals surface area contributed by atoms with Crippen molar-refractivity contribution in [3.05, 3.63) is 16.0 Å². The highest BCUT2D eigenvalue weighted by molar-refractivity contribution is 7.71. The van der Waals surface area contributed by atoms with Crippen LogP contribution in [0.25, 0.3) is 11.5 Å². The zero-order valence-corrected chi connectivity index (χ0v) is 11.3. The first kappa shape index (κ1) is 12.3. The largest absolute Gasteiger partial charge is 0.299 e. The Hall–Kier alpha value is -1.14. The number of aryl methyl sites for hydroxylation is 1. The van der Waals surface area contributed by atoms with Gasteiger partial charge in [0.1, 0.15) is 5.69 Å². The van der Waals surface area contributed by atoms with Crippen LogP contribution in [0.4, 0.5) is 0 Å². The van der Waals surface area contributed by atoms with Gasteiger partial charge in [-0.3, -0.25) is 14.3 Å². The van der Waals surface area contributed by atoms with E-state index < -0.39 is 0 Å². The first-order chi connectivity index (χ1) is 8.13. The molecule has 0 aliphatic heterocycles. The number of halogens is 1. The summed E-state index contributed by atoms with van der Waals surface area (Å²) in [7, 11) is 1.83. The molecule has 5 nitrogen and oxygen atoms in total. The van der Waals surface area contributed by atoms with Gasteiger partial charge in [0.05, 0.1) is 5.02 Å². The van der Waals surface area contributed by atoms with Crippen LogP contribution in [0.15, 0.2) is 6.20 Å². The average molecular weight is 272 g/mol. The number of rotatable bonds is 4. The minimum absolute atomic E-state index is 0.583. The van der Waals surface area contributed by atoms with E-state index in [-0.39, 0.29) is 0 Å². The zero-order valence-electron chi connectivity index (χ0n) is 9.77. The van der Waals surface area contributed by atoms with E-state index >= 15 is 0 Å². The van der Waals surface area contributed by atoms with Crippen molar-refractivity contribution in [2.75, 3.05) is 0 Å². The number of unbranched alkanes of at least 4 members (excludes halogenated alkanes) is 1. The van der Waals surface area contributed by atoms with Crippen LogP contribution in [0.1, 0.15) is 19.8 Å². The van der Waals surface area contributed by atoms with Crippen molar-refractivity contribution in [3.63, 3.8) is 0 Å². The second-order valence-electron chi connectivity index (χ2n) is 3.86. The summed E-state index contributed by atoms with van der Waals surface area (Å²) in [4.78, 5) is 0. The fourth-order valence-electron chi connectivity index (χ4n) is 1.63. The molecule has 0 aliphatic rings. The molecule has 0 aromatic carbocycles. The number of aromatic amines is 1. The number of nitrogens with zero attached hydrogens (tertiary/aromatic N) is 4. The van der Waals surface area contributed by atoms with Gasteiger partial charge < -0.3 is 0 Å². The third kappa shape index (κ3) is 2.42. The van der Waals surface area contributed by atoms with Crippen LogP contribution in [-0.4, -0.2) is 24.5 Å². The topological polar surface area (TPSA) is 51.4 Å². The Bertz CT molecular complexity index is 568. The smallest absolute Gasteiger partial charge is 0.195 e. The number of aromatic nitrogens is 5. The Morgan fingerprint density at radius 2 is 2.29 bits per heavy atom. The van der Waals surface area contributed by atoms with Gasteiger partial charge in [-0.05, 0) is 18.6 Å². The lowest BCUT2D eigenvalue weighted by Crippen LogP contribution is -2.01. The van der Waals surface area contributed by atoms with Gasteiger partial charge in [-0.1, -0.05) is 24.9 Å². The number of hydrogen-bond donors (Lipinski definition) is 1. The number of nitrogens with one attached hydrogen (secondary N) is 1. The van der Waals surface area contributed by atoms with Crippen LogP contribution in [0.2, 0.25) is 5.02 Å². The van der Waals surface area contributed by atoms with E-state index in [2.05, 4.69) is 22.2 Å². The molecule has 17 heavy (non-hydrogen) atoms. The van der Waals surface area contributed by atoms with Crippen molar-refractivity contribution < 1.29 is 0 Å². The predicted molar refractivity (Wildman–Crippen MR) is 69.5 cm³/mol. The molecule has 0 saturated heterocycles. The molecule has 2 heterocycles. The van der Waals surface area contributed by atoms with Gasteiger partial charge in [-0.25, -0.2) is 0 Å². The van der Waals surface area contributed by atoms with Gasteiger partial charge >= 0.3 is 0 Å². The SMILES string of the molecule is CCCCn1c(-c2nn(C)cc2Cl)n[nH]c1=S. The van der Waals surface area contributed by atoms with Gasteiger partial charge in [0.2, 0.25) is 0 Å². The van der Waals surface area contributed by atoms with E-state index in [1.54, 1.807) is 10.9 Å². The molecular formula is C10H14ClN5S. The molecule has 2 aromatic heterocycles. The molecule has 0 saturated carbocycles. The number of hydrogen-bond acceptors (Lipinski definition) is 3. The van der Waals surface area contributed by atoms with Crippen LogP contribution in [0, 0.1) is 4.77 Å². The lowest BCUT2D eigenvalue weighted by atomic mass is 10.3. The molecule has 0 unspecified atom stereocenters. The molecule has 0 radical (unpaired) electrons. The first-order valence-corrected chi connectivity index (χ1v) is 6.26. The van der Waals surface area contributed by atoms with Crippen molar-refractivity contribution in [1.29, 1.82) is 0 Å². The van der Waals surface area contributed by atoms with E-state index in [1.165, 1.54) is 0 Å². The van der Waals surface area contributed by atoms with E-state index in [0.717, 1.165) is 19.4 Å². The van der Waals surface area contributed by atoms with Gasteiger partial charge in [-0.2, -0.15) is 10.2 Å². The van der Waals surface area contributed by atoms with Gasteiger partial charge in [0.25, 0.3) is 0 Å². The average Bonchev–Trinajstić information content (AvgIpc) is 2.79. The van der Waals surface area contributed by atoms with Crippen molar-refractivity contribution in [2.45, 2.75) is 26.3 Å². The summed E-state index contributed by atoms with van der Waals surface area (Å²) in [5, 5.41) is 11.9. The summed E-state index contributed by atoms with van der Waals surface area (Å²) in [6.07, 6.45) is 3.90. The molecule has 0 aliphatic carbocycles. The minimum Gasteiger partial charge on any atom is -0.299 e. The van der Waals surface area contributed by atoms with E-state index in [0.29, 0.717) is 21.3 Å². The molecule has 1 N–H and O–H groups in total. The van der Waals surface area contributed by atoms with Crippen molar-refractivity contribution >= 4 is 23.8 Å². The van der Waals surface area contributed by atoms with Crippen molar-refractivity contribution in [3.8, 4) is 11.5 Å². The highest BCUT2D eigenvalue weighted by Gasteiger charge is 2.15. The van der Waals surface area contributed by atoms with Crippen molar-refractivity contribution in [1.82, 2.24) is 24.5 Å². The van der Waals surface area contributed by atoms with Crippen LogP contribution in [-0.2, 0) is 13.6 Å². The summed E-state index contributed by atoms with van der Waals surface area (Å²) >= 11 is 11.3. The fourth-order valence-corrected chi connectivity index (χ4v) is 2.12. The monoisotopic (exact) mass is 271 g/mol. The zero-order chi connectivity index (χ0) is 12.4. The molecule has 2 rings (SSSR count). The molecular weight excluding hydrogens is 258 g/mol. The maximum atomic E-state index is 6.11. The van der Waals surface area contributed by atoms with Crippen LogP contribution in [0.5, 0.6) is 0 Å². The standard InChI is InChI=1S/C10H14ClN5S/c1-3-4-5-16-9(12-13-10(16)17)8-7(11)6-15(2)14-8/h6H,3-5H2,1-2H3,(H,13,17). The molecule has 92 valence electrons. The molecule has 0 spiro atoms. The quantitative estimate of drug-likeness (QED) is 0.870. The molecule has 0 amide bonds. The minimum atomic E-state index is 0.583. The molecule has 7 heteroatoms. The third-order valence-electron chi connectivity index (χ3n) is 2.49. The second kappa shape index (κ2) is 5.01. The van der Waals surface area contributed by atoms with E-state index in [1.807, 2.05) is 11.6 Å². The van der Waals surface area contributed by atoms with E-state index in [4.69, 9.17) is 23.8 Å². The number of H-pyrrole nitrogens is 1. The summed E-state index contributed by atoms with van der Waals surface area (Å²) in [6, 6.07) is 0. The Morgan fingerprint density at radius 3 is 2.88 bits per heavy atom. The Balaban J connectivity index is 2.45. The summed E-state index contributed by atoms with van der Waals surface area (Å²) in [6.45, 7) is 2.96. The summed E-state index contributed by atoms with van der Waals surface area (Å²) < 4.78 is 4.21. The predicted octanol–water partition coefficient (Wildman–Crippen LogP) is 2.79. The summed E-state index contributed by atoms with van der Waals surface area (Å²) in [5.74, 6) is 0.703. The molecule has 2 aromatic rings. The Morgan fingerprint density at radius 1 is 1.53 bits per heavy atom. The highest BCUT2D eigenvalue weighted by atomic mass is 35.5. The normalized spacial score (nSPS) is 11.0. The molecule has 0 bridgehead atoms. The van der Waals surface area contributed by atoms with Crippen LogP contribution < -0.4 is 0 Å². The third-order valence-corrected chi connectivity index (χ3v) is 3.08. The Kier molecular flexibility index (Phi) is 3.63. The van der Waals surface area contributed by atoms with Gasteiger partial charge in [-0.15, -0.1) is 0 Å².